The number of nitrogens with one attached hydrogen (secondary N) is 1. The minimum absolute atomic E-state index is 0.0408. The van der Waals surface area contributed by atoms with E-state index in [0.29, 0.717) is 22.4 Å². The molecule has 0 unspecified atom stereocenters. The van der Waals surface area contributed by atoms with Gasteiger partial charge in [0.25, 0.3) is 5.91 Å². The van der Waals surface area contributed by atoms with E-state index < -0.39 is 23.5 Å². The van der Waals surface area contributed by atoms with Crippen molar-refractivity contribution in [3.8, 4) is 0 Å². The Morgan fingerprint density at radius 2 is 1.79 bits per heavy atom. The number of amides is 1. The average Bonchev–Trinajstić information content (AvgIpc) is 3.26. The number of hydrogen-bond acceptors (Lipinski definition) is 2. The number of hydrogen-bond donors (Lipinski definition) is 1. The Kier molecular flexibility index (Phi) is 4.62. The third-order valence-corrected chi connectivity index (χ3v) is 4.45. The second-order valence-corrected chi connectivity index (χ2v) is 6.44. The van der Waals surface area contributed by atoms with Crippen LogP contribution in [0, 0.1) is 5.82 Å². The fourth-order valence-corrected chi connectivity index (χ4v) is 3.09. The molecule has 0 bridgehead atoms. The second kappa shape index (κ2) is 7.12. The molecule has 0 aliphatic rings. The van der Waals surface area contributed by atoms with Crippen LogP contribution < -0.4 is 5.32 Å². The van der Waals surface area contributed by atoms with Gasteiger partial charge in [-0.3, -0.25) is 4.79 Å². The second-order valence-electron chi connectivity index (χ2n) is 6.44. The van der Waals surface area contributed by atoms with Gasteiger partial charge in [0.05, 0.1) is 17.3 Å². The van der Waals surface area contributed by atoms with E-state index in [9.17, 15) is 22.4 Å². The van der Waals surface area contributed by atoms with Gasteiger partial charge in [-0.25, -0.2) is 4.39 Å². The molecule has 2 aromatic heterocycles. The molecule has 1 amide bonds. The van der Waals surface area contributed by atoms with Crippen LogP contribution in [0.4, 0.5) is 23.2 Å². The van der Waals surface area contributed by atoms with E-state index in [1.807, 2.05) is 0 Å². The number of rotatable bonds is 4. The van der Waals surface area contributed by atoms with E-state index in [1.165, 1.54) is 42.7 Å². The molecule has 1 N–H and O–H groups in total. The van der Waals surface area contributed by atoms with Gasteiger partial charge in [-0.1, -0.05) is 12.1 Å². The van der Waals surface area contributed by atoms with Crippen LogP contribution >= 0.6 is 0 Å². The number of fused-ring (bicyclic) bond motifs is 1. The maximum absolute atomic E-state index is 13.1. The number of aromatic nitrogens is 1. The zero-order valence-electron chi connectivity index (χ0n) is 14.8. The highest BCUT2D eigenvalue weighted by Gasteiger charge is 2.30. The predicted molar refractivity (Wildman–Crippen MR) is 99.1 cm³/mol. The number of alkyl halides is 3. The van der Waals surface area contributed by atoms with Crippen LogP contribution in [0.5, 0.6) is 0 Å². The largest absolute Gasteiger partial charge is 0.463 e. The van der Waals surface area contributed by atoms with Crippen molar-refractivity contribution in [3.05, 3.63) is 89.6 Å². The first kappa shape index (κ1) is 18.8. The monoisotopic (exact) mass is 402 g/mol. The molecule has 4 aromatic rings. The first-order valence-corrected chi connectivity index (χ1v) is 8.61. The lowest BCUT2D eigenvalue weighted by molar-refractivity contribution is -0.137. The number of furan rings is 1. The van der Waals surface area contributed by atoms with Crippen molar-refractivity contribution < 1.29 is 26.8 Å². The van der Waals surface area contributed by atoms with E-state index in [1.54, 1.807) is 16.7 Å². The number of anilines is 1. The smallest absolute Gasteiger partial charge is 0.416 e. The molecule has 8 heteroatoms. The van der Waals surface area contributed by atoms with Crippen molar-refractivity contribution in [1.82, 2.24) is 4.57 Å². The first-order chi connectivity index (χ1) is 13.8. The lowest BCUT2D eigenvalue weighted by Crippen LogP contribution is -2.17. The van der Waals surface area contributed by atoms with Gasteiger partial charge in [0, 0.05) is 24.4 Å². The molecule has 0 aliphatic carbocycles. The zero-order valence-corrected chi connectivity index (χ0v) is 14.8. The molecule has 2 aromatic carbocycles. The number of halogens is 4. The number of carbonyl (C=O) groups is 1. The Hall–Kier alpha value is -3.55. The van der Waals surface area contributed by atoms with Crippen LogP contribution in [0.1, 0.15) is 21.6 Å². The minimum Gasteiger partial charge on any atom is -0.463 e. The maximum atomic E-state index is 13.1. The van der Waals surface area contributed by atoms with Gasteiger partial charge < -0.3 is 14.3 Å². The van der Waals surface area contributed by atoms with Crippen molar-refractivity contribution in [2.24, 2.45) is 0 Å². The van der Waals surface area contributed by atoms with Crippen LogP contribution in [0.25, 0.3) is 11.1 Å². The zero-order chi connectivity index (χ0) is 20.6. The fraction of sp³-hybridized carbons (Fsp3) is 0.0952. The summed E-state index contributed by atoms with van der Waals surface area (Å²) >= 11 is 0. The Morgan fingerprint density at radius 3 is 2.52 bits per heavy atom. The van der Waals surface area contributed by atoms with Gasteiger partial charge in [-0.15, -0.1) is 0 Å². The average molecular weight is 402 g/mol. The molecule has 0 saturated heterocycles. The van der Waals surface area contributed by atoms with Crippen molar-refractivity contribution in [2.45, 2.75) is 12.7 Å². The predicted octanol–water partition coefficient (Wildman–Crippen LogP) is 5.69. The standard InChI is InChI=1S/C21H14F4N2O2/c22-15-4-6-16(7-5-15)26-20(28)18-11-19-17(8-9-29-19)27(18)12-13-2-1-3-14(10-13)21(23,24)25/h1-11H,12H2,(H,26,28). The molecular weight excluding hydrogens is 388 g/mol. The Bertz CT molecular complexity index is 1170. The van der Waals surface area contributed by atoms with Gasteiger partial charge >= 0.3 is 6.18 Å². The SMILES string of the molecule is O=C(Nc1ccc(F)cc1)c1cc2occc2n1Cc1cccc(C(F)(F)F)c1. The topological polar surface area (TPSA) is 47.2 Å². The van der Waals surface area contributed by atoms with Crippen LogP contribution in [-0.4, -0.2) is 10.5 Å². The summed E-state index contributed by atoms with van der Waals surface area (Å²) < 4.78 is 59.0. The number of carbonyl (C=O) groups excluding carboxylic acids is 1. The van der Waals surface area contributed by atoms with Crippen LogP contribution in [0.3, 0.4) is 0 Å². The maximum Gasteiger partial charge on any atom is 0.416 e. The van der Waals surface area contributed by atoms with Crippen molar-refractivity contribution in [3.63, 3.8) is 0 Å². The molecule has 4 nitrogen and oxygen atoms in total. The normalized spacial score (nSPS) is 11.7. The third kappa shape index (κ3) is 3.87. The Labute approximate surface area is 162 Å². The number of nitrogens with zero attached hydrogens (tertiary/aromatic N) is 1. The summed E-state index contributed by atoms with van der Waals surface area (Å²) in [7, 11) is 0. The summed E-state index contributed by atoms with van der Waals surface area (Å²) in [4.78, 5) is 12.8. The van der Waals surface area contributed by atoms with Crippen LogP contribution in [0.2, 0.25) is 0 Å². The highest BCUT2D eigenvalue weighted by atomic mass is 19.4. The highest BCUT2D eigenvalue weighted by Crippen LogP contribution is 2.30. The van der Waals surface area contributed by atoms with Gasteiger partial charge in [0.1, 0.15) is 11.5 Å². The van der Waals surface area contributed by atoms with E-state index in [-0.39, 0.29) is 12.2 Å². The molecule has 0 atom stereocenters. The molecule has 0 aliphatic heterocycles. The molecule has 29 heavy (non-hydrogen) atoms. The van der Waals surface area contributed by atoms with Gasteiger partial charge in [0.15, 0.2) is 5.58 Å². The number of benzene rings is 2. The molecule has 4 rings (SSSR count). The molecule has 0 saturated carbocycles. The van der Waals surface area contributed by atoms with E-state index in [2.05, 4.69) is 5.32 Å². The highest BCUT2D eigenvalue weighted by molar-refractivity contribution is 6.05. The molecular formula is C21H14F4N2O2. The fourth-order valence-electron chi connectivity index (χ4n) is 3.09. The van der Waals surface area contributed by atoms with E-state index in [4.69, 9.17) is 4.42 Å². The summed E-state index contributed by atoms with van der Waals surface area (Å²) in [6.45, 7) is 0.0408. The molecule has 0 radical (unpaired) electrons. The summed E-state index contributed by atoms with van der Waals surface area (Å²) in [5.74, 6) is -0.927. The van der Waals surface area contributed by atoms with E-state index in [0.717, 1.165) is 12.1 Å². The van der Waals surface area contributed by atoms with Gasteiger partial charge in [0.2, 0.25) is 0 Å². The molecule has 148 valence electrons. The quantitative estimate of drug-likeness (QED) is 0.446. The molecule has 0 spiro atoms. The van der Waals surface area contributed by atoms with Gasteiger partial charge in [-0.2, -0.15) is 13.2 Å². The molecule has 2 heterocycles. The van der Waals surface area contributed by atoms with Crippen LogP contribution in [0.15, 0.2) is 71.3 Å². The summed E-state index contributed by atoms with van der Waals surface area (Å²) in [6, 6.07) is 13.3. The minimum atomic E-state index is -4.46. The Morgan fingerprint density at radius 1 is 1.03 bits per heavy atom. The summed E-state index contributed by atoms with van der Waals surface area (Å²) in [6.07, 6.45) is -3.02. The third-order valence-electron chi connectivity index (χ3n) is 4.45. The van der Waals surface area contributed by atoms with Crippen molar-refractivity contribution in [2.75, 3.05) is 5.32 Å². The van der Waals surface area contributed by atoms with Crippen LogP contribution in [-0.2, 0) is 12.7 Å². The lowest BCUT2D eigenvalue weighted by Gasteiger charge is -2.13. The first-order valence-electron chi connectivity index (χ1n) is 8.61. The van der Waals surface area contributed by atoms with Crippen molar-refractivity contribution >= 4 is 22.7 Å². The van der Waals surface area contributed by atoms with E-state index >= 15 is 0 Å². The summed E-state index contributed by atoms with van der Waals surface area (Å²) in [5.41, 5.74) is 1.23. The molecule has 0 fully saturated rings. The summed E-state index contributed by atoms with van der Waals surface area (Å²) in [5, 5.41) is 2.65. The Balaban J connectivity index is 1.68. The lowest BCUT2D eigenvalue weighted by atomic mass is 10.1. The van der Waals surface area contributed by atoms with Gasteiger partial charge in [-0.05, 0) is 42.0 Å². The van der Waals surface area contributed by atoms with Crippen molar-refractivity contribution in [1.29, 1.82) is 0 Å².